The number of carbonyl (C=O) groups excluding carboxylic acids is 1. The molecule has 0 unspecified atom stereocenters. The van der Waals surface area contributed by atoms with E-state index in [-0.39, 0.29) is 5.91 Å². The van der Waals surface area contributed by atoms with E-state index in [1.54, 1.807) is 18.3 Å². The zero-order valence-electron chi connectivity index (χ0n) is 10.2. The summed E-state index contributed by atoms with van der Waals surface area (Å²) >= 11 is 5.94. The highest BCUT2D eigenvalue weighted by Crippen LogP contribution is 2.18. The van der Waals surface area contributed by atoms with Crippen LogP contribution in [0.15, 0.2) is 36.5 Å². The molecule has 1 N–H and O–H groups in total. The number of hydrogen-bond donors (Lipinski definition) is 1. The second-order valence-electron chi connectivity index (χ2n) is 4.16. The monoisotopic (exact) mass is 260 g/mol. The molecule has 0 fully saturated rings. The average molecular weight is 261 g/mol. The molecule has 0 aliphatic rings. The van der Waals surface area contributed by atoms with Crippen molar-refractivity contribution < 1.29 is 4.79 Å². The third-order valence-electron chi connectivity index (χ3n) is 2.47. The normalized spacial score (nSPS) is 10.2. The minimum atomic E-state index is -0.206. The van der Waals surface area contributed by atoms with Crippen molar-refractivity contribution in [3.05, 3.63) is 58.2 Å². The molecule has 92 valence electrons. The van der Waals surface area contributed by atoms with Crippen molar-refractivity contribution in [1.82, 2.24) is 4.98 Å². The van der Waals surface area contributed by atoms with Crippen molar-refractivity contribution in [2.75, 3.05) is 5.32 Å². The molecule has 0 aliphatic heterocycles. The quantitative estimate of drug-likeness (QED) is 0.896. The van der Waals surface area contributed by atoms with Crippen molar-refractivity contribution >= 4 is 23.3 Å². The van der Waals surface area contributed by atoms with Gasteiger partial charge in [-0.25, -0.2) is 4.98 Å². The Balaban J connectivity index is 2.25. The number of pyridine rings is 1. The number of aromatic nitrogens is 1. The first-order valence-corrected chi connectivity index (χ1v) is 5.94. The molecule has 0 radical (unpaired) electrons. The van der Waals surface area contributed by atoms with Gasteiger partial charge >= 0.3 is 0 Å². The van der Waals surface area contributed by atoms with Crippen LogP contribution in [0.1, 0.15) is 21.5 Å². The van der Waals surface area contributed by atoms with Crippen LogP contribution < -0.4 is 5.32 Å². The van der Waals surface area contributed by atoms with Crippen molar-refractivity contribution in [2.24, 2.45) is 0 Å². The SMILES string of the molecule is Cc1cc(C)cc(C(=O)Nc2ncccc2Cl)c1. The minimum absolute atomic E-state index is 0.206. The average Bonchev–Trinajstić information content (AvgIpc) is 2.31. The predicted molar refractivity (Wildman–Crippen MR) is 73.1 cm³/mol. The standard InChI is InChI=1S/C14H13ClN2O/c1-9-6-10(2)8-11(7-9)14(18)17-13-12(15)4-3-5-16-13/h3-8H,1-2H3,(H,16,17,18). The molecule has 0 saturated carbocycles. The van der Waals surface area contributed by atoms with Crippen LogP contribution in [0.5, 0.6) is 0 Å². The van der Waals surface area contributed by atoms with Crippen molar-refractivity contribution in [3.63, 3.8) is 0 Å². The zero-order valence-corrected chi connectivity index (χ0v) is 11.0. The van der Waals surface area contributed by atoms with E-state index < -0.39 is 0 Å². The zero-order chi connectivity index (χ0) is 13.1. The van der Waals surface area contributed by atoms with Crippen molar-refractivity contribution in [3.8, 4) is 0 Å². The van der Waals surface area contributed by atoms with Crippen LogP contribution in [0, 0.1) is 13.8 Å². The maximum Gasteiger partial charge on any atom is 0.256 e. The number of rotatable bonds is 2. The number of amides is 1. The number of nitrogens with one attached hydrogen (secondary N) is 1. The van der Waals surface area contributed by atoms with Gasteiger partial charge in [-0.05, 0) is 38.1 Å². The predicted octanol–water partition coefficient (Wildman–Crippen LogP) is 3.60. The Labute approximate surface area is 111 Å². The van der Waals surface area contributed by atoms with E-state index in [1.807, 2.05) is 32.0 Å². The maximum atomic E-state index is 12.1. The number of anilines is 1. The lowest BCUT2D eigenvalue weighted by Crippen LogP contribution is -2.13. The van der Waals surface area contributed by atoms with Crippen molar-refractivity contribution in [2.45, 2.75) is 13.8 Å². The molecular formula is C14H13ClN2O. The lowest BCUT2D eigenvalue weighted by molar-refractivity contribution is 0.102. The Hall–Kier alpha value is -1.87. The van der Waals surface area contributed by atoms with E-state index in [2.05, 4.69) is 10.3 Å². The fourth-order valence-corrected chi connectivity index (χ4v) is 1.93. The highest BCUT2D eigenvalue weighted by Gasteiger charge is 2.09. The summed E-state index contributed by atoms with van der Waals surface area (Å²) in [6.45, 7) is 3.91. The largest absolute Gasteiger partial charge is 0.305 e. The Kier molecular flexibility index (Phi) is 3.63. The molecule has 0 aliphatic carbocycles. The van der Waals surface area contributed by atoms with Crippen LogP contribution in [0.3, 0.4) is 0 Å². The number of hydrogen-bond acceptors (Lipinski definition) is 2. The first-order valence-electron chi connectivity index (χ1n) is 5.56. The summed E-state index contributed by atoms with van der Waals surface area (Å²) in [5, 5.41) is 3.13. The van der Waals surface area contributed by atoms with Gasteiger partial charge in [-0.1, -0.05) is 28.8 Å². The maximum absolute atomic E-state index is 12.1. The van der Waals surface area contributed by atoms with Crippen LogP contribution in [-0.4, -0.2) is 10.9 Å². The van der Waals surface area contributed by atoms with Gasteiger partial charge in [-0.15, -0.1) is 0 Å². The molecule has 0 atom stereocenters. The van der Waals surface area contributed by atoms with Gasteiger partial charge in [0.2, 0.25) is 0 Å². The molecule has 0 saturated heterocycles. The summed E-state index contributed by atoms with van der Waals surface area (Å²) < 4.78 is 0. The molecule has 3 nitrogen and oxygen atoms in total. The third kappa shape index (κ3) is 2.87. The number of aryl methyl sites for hydroxylation is 2. The van der Waals surface area contributed by atoms with Gasteiger partial charge in [0.1, 0.15) is 0 Å². The van der Waals surface area contributed by atoms with Gasteiger partial charge in [0, 0.05) is 11.8 Å². The van der Waals surface area contributed by atoms with E-state index >= 15 is 0 Å². The molecule has 2 rings (SSSR count). The lowest BCUT2D eigenvalue weighted by atomic mass is 10.1. The molecule has 4 heteroatoms. The van der Waals surface area contributed by atoms with Crippen LogP contribution in [-0.2, 0) is 0 Å². The smallest absolute Gasteiger partial charge is 0.256 e. The Bertz CT molecular complexity index is 576. The molecule has 1 amide bonds. The first-order chi connectivity index (χ1) is 8.56. The Morgan fingerprint density at radius 1 is 1.22 bits per heavy atom. The van der Waals surface area contributed by atoms with E-state index in [0.29, 0.717) is 16.4 Å². The number of carbonyl (C=O) groups is 1. The molecule has 0 spiro atoms. The van der Waals surface area contributed by atoms with E-state index in [9.17, 15) is 4.79 Å². The van der Waals surface area contributed by atoms with E-state index in [0.717, 1.165) is 11.1 Å². The highest BCUT2D eigenvalue weighted by atomic mass is 35.5. The molecule has 18 heavy (non-hydrogen) atoms. The van der Waals surface area contributed by atoms with Crippen LogP contribution in [0.2, 0.25) is 5.02 Å². The molecule has 1 aromatic heterocycles. The van der Waals surface area contributed by atoms with Crippen LogP contribution >= 0.6 is 11.6 Å². The Morgan fingerprint density at radius 3 is 2.50 bits per heavy atom. The minimum Gasteiger partial charge on any atom is -0.305 e. The topological polar surface area (TPSA) is 42.0 Å². The third-order valence-corrected chi connectivity index (χ3v) is 2.78. The van der Waals surface area contributed by atoms with Gasteiger partial charge in [0.05, 0.1) is 5.02 Å². The van der Waals surface area contributed by atoms with Gasteiger partial charge in [-0.2, -0.15) is 0 Å². The summed E-state index contributed by atoms with van der Waals surface area (Å²) in [7, 11) is 0. The van der Waals surface area contributed by atoms with Crippen molar-refractivity contribution in [1.29, 1.82) is 0 Å². The second-order valence-corrected chi connectivity index (χ2v) is 4.57. The summed E-state index contributed by atoms with van der Waals surface area (Å²) in [5.74, 6) is 0.172. The number of nitrogens with zero attached hydrogens (tertiary/aromatic N) is 1. The van der Waals surface area contributed by atoms with Crippen LogP contribution in [0.25, 0.3) is 0 Å². The summed E-state index contributed by atoms with van der Waals surface area (Å²) in [6.07, 6.45) is 1.59. The fourth-order valence-electron chi connectivity index (χ4n) is 1.76. The van der Waals surface area contributed by atoms with Gasteiger partial charge < -0.3 is 5.32 Å². The molecular weight excluding hydrogens is 248 g/mol. The molecule has 2 aromatic rings. The molecule has 1 aromatic carbocycles. The number of benzene rings is 1. The van der Waals surface area contributed by atoms with E-state index in [4.69, 9.17) is 11.6 Å². The highest BCUT2D eigenvalue weighted by molar-refractivity contribution is 6.33. The van der Waals surface area contributed by atoms with Gasteiger partial charge in [-0.3, -0.25) is 4.79 Å². The molecule has 0 bridgehead atoms. The first kappa shape index (κ1) is 12.6. The Morgan fingerprint density at radius 2 is 1.89 bits per heavy atom. The second kappa shape index (κ2) is 5.19. The lowest BCUT2D eigenvalue weighted by Gasteiger charge is -2.07. The van der Waals surface area contributed by atoms with Gasteiger partial charge in [0.15, 0.2) is 5.82 Å². The van der Waals surface area contributed by atoms with Gasteiger partial charge in [0.25, 0.3) is 5.91 Å². The van der Waals surface area contributed by atoms with Crippen LogP contribution in [0.4, 0.5) is 5.82 Å². The summed E-state index contributed by atoms with van der Waals surface area (Å²) in [4.78, 5) is 16.1. The van der Waals surface area contributed by atoms with E-state index in [1.165, 1.54) is 0 Å². The number of halogens is 1. The molecule has 1 heterocycles. The fraction of sp³-hybridized carbons (Fsp3) is 0.143. The summed E-state index contributed by atoms with van der Waals surface area (Å²) in [5.41, 5.74) is 2.70. The summed E-state index contributed by atoms with van der Waals surface area (Å²) in [6, 6.07) is 9.09.